The molecule has 1 aromatic rings. The van der Waals surface area contributed by atoms with E-state index in [1.807, 2.05) is 24.3 Å². The molecule has 1 aromatic carbocycles. The lowest BCUT2D eigenvalue weighted by atomic mass is 9.69. The lowest BCUT2D eigenvalue weighted by Gasteiger charge is -2.37. The lowest BCUT2D eigenvalue weighted by Crippen LogP contribution is -2.25. The maximum absolute atomic E-state index is 10.8. The van der Waals surface area contributed by atoms with E-state index in [1.54, 1.807) is 7.11 Å². The van der Waals surface area contributed by atoms with Gasteiger partial charge in [-0.2, -0.15) is 0 Å². The van der Waals surface area contributed by atoms with Gasteiger partial charge in [0.05, 0.1) is 7.11 Å². The topological polar surface area (TPSA) is 29.5 Å². The Labute approximate surface area is 116 Å². The quantitative estimate of drug-likeness (QED) is 0.823. The second-order valence-corrected chi connectivity index (χ2v) is 6.11. The van der Waals surface area contributed by atoms with E-state index in [0.29, 0.717) is 0 Å². The molecule has 0 aliphatic heterocycles. The average molecular weight is 260 g/mol. The van der Waals surface area contributed by atoms with Crippen molar-refractivity contribution in [3.63, 3.8) is 0 Å². The van der Waals surface area contributed by atoms with Crippen molar-refractivity contribution in [1.29, 1.82) is 0 Å². The third-order valence-corrected chi connectivity index (χ3v) is 4.23. The largest absolute Gasteiger partial charge is 0.497 e. The number of hydrogen-bond acceptors (Lipinski definition) is 2. The maximum Gasteiger partial charge on any atom is 0.119 e. The minimum Gasteiger partial charge on any atom is -0.497 e. The van der Waals surface area contributed by atoms with Gasteiger partial charge < -0.3 is 9.84 Å². The fourth-order valence-corrected chi connectivity index (χ4v) is 3.22. The minimum absolute atomic E-state index is 0.0742. The molecular weight excluding hydrogens is 236 g/mol. The van der Waals surface area contributed by atoms with E-state index in [9.17, 15) is 5.11 Å². The van der Waals surface area contributed by atoms with E-state index >= 15 is 0 Å². The van der Waals surface area contributed by atoms with Crippen LogP contribution in [0.1, 0.15) is 51.7 Å². The molecule has 1 N–H and O–H groups in total. The van der Waals surface area contributed by atoms with Crippen LogP contribution >= 0.6 is 0 Å². The van der Waals surface area contributed by atoms with Crippen LogP contribution in [0.15, 0.2) is 35.4 Å². The molecule has 0 aromatic heterocycles. The van der Waals surface area contributed by atoms with Crippen molar-refractivity contribution in [2.75, 3.05) is 7.11 Å². The summed E-state index contributed by atoms with van der Waals surface area (Å²) in [5, 5.41) is 10.8. The van der Waals surface area contributed by atoms with Crippen molar-refractivity contribution >= 4 is 0 Å². The molecule has 0 spiro atoms. The molecule has 2 rings (SSSR count). The highest BCUT2D eigenvalue weighted by Gasteiger charge is 2.33. The monoisotopic (exact) mass is 260 g/mol. The molecule has 1 atom stereocenters. The first-order valence-electron chi connectivity index (χ1n) is 6.98. The normalized spacial score (nSPS) is 20.3. The molecule has 1 unspecified atom stereocenters. The highest BCUT2D eigenvalue weighted by Crippen LogP contribution is 2.46. The second kappa shape index (κ2) is 5.38. The number of aliphatic hydroxyl groups is 1. The summed E-state index contributed by atoms with van der Waals surface area (Å²) in [6.45, 7) is 6.61. The molecule has 1 aliphatic carbocycles. The van der Waals surface area contributed by atoms with Crippen molar-refractivity contribution in [2.45, 2.75) is 46.1 Å². The predicted octanol–water partition coefficient (Wildman–Crippen LogP) is 4.26. The maximum atomic E-state index is 10.8. The van der Waals surface area contributed by atoms with Crippen LogP contribution in [0.5, 0.6) is 5.75 Å². The SMILES string of the molecule is COc1cccc(C(O)C2=C(C)CCCC2(C)C)c1. The van der Waals surface area contributed by atoms with Crippen LogP contribution in [0.25, 0.3) is 0 Å². The third-order valence-electron chi connectivity index (χ3n) is 4.23. The summed E-state index contributed by atoms with van der Waals surface area (Å²) >= 11 is 0. The van der Waals surface area contributed by atoms with Gasteiger partial charge in [0.15, 0.2) is 0 Å². The van der Waals surface area contributed by atoms with Crippen molar-refractivity contribution in [3.05, 3.63) is 41.0 Å². The number of rotatable bonds is 3. The first-order valence-corrected chi connectivity index (χ1v) is 6.98. The Balaban J connectivity index is 2.39. The second-order valence-electron chi connectivity index (χ2n) is 6.11. The van der Waals surface area contributed by atoms with Gasteiger partial charge in [-0.05, 0) is 54.9 Å². The lowest BCUT2D eigenvalue weighted by molar-refractivity contribution is 0.170. The Bertz CT molecular complexity index is 486. The molecule has 0 heterocycles. The number of ether oxygens (including phenoxy) is 1. The van der Waals surface area contributed by atoms with Crippen LogP contribution in [-0.2, 0) is 0 Å². The fraction of sp³-hybridized carbons (Fsp3) is 0.529. The van der Waals surface area contributed by atoms with E-state index in [2.05, 4.69) is 20.8 Å². The highest BCUT2D eigenvalue weighted by atomic mass is 16.5. The van der Waals surface area contributed by atoms with Gasteiger partial charge in [0.1, 0.15) is 11.9 Å². The van der Waals surface area contributed by atoms with Crippen molar-refractivity contribution in [1.82, 2.24) is 0 Å². The van der Waals surface area contributed by atoms with Gasteiger partial charge in [-0.25, -0.2) is 0 Å². The summed E-state index contributed by atoms with van der Waals surface area (Å²) in [5.41, 5.74) is 3.52. The molecule has 1 aliphatic rings. The van der Waals surface area contributed by atoms with Crippen molar-refractivity contribution in [2.24, 2.45) is 5.41 Å². The zero-order valence-corrected chi connectivity index (χ0v) is 12.4. The standard InChI is InChI=1S/C17H24O2/c1-12-7-6-10-17(2,3)15(12)16(18)13-8-5-9-14(11-13)19-4/h5,8-9,11,16,18H,6-7,10H2,1-4H3. The Hall–Kier alpha value is -1.28. The van der Waals surface area contributed by atoms with E-state index in [0.717, 1.165) is 24.2 Å². The van der Waals surface area contributed by atoms with E-state index in [4.69, 9.17) is 4.74 Å². The molecule has 0 amide bonds. The molecule has 2 heteroatoms. The molecule has 19 heavy (non-hydrogen) atoms. The summed E-state index contributed by atoms with van der Waals surface area (Å²) in [6.07, 6.45) is 2.93. The molecule has 104 valence electrons. The summed E-state index contributed by atoms with van der Waals surface area (Å²) in [5.74, 6) is 0.795. The molecule has 2 nitrogen and oxygen atoms in total. The summed E-state index contributed by atoms with van der Waals surface area (Å²) in [4.78, 5) is 0. The van der Waals surface area contributed by atoms with Crippen molar-refractivity contribution in [3.8, 4) is 5.75 Å². The molecule has 0 fully saturated rings. The zero-order valence-electron chi connectivity index (χ0n) is 12.4. The highest BCUT2D eigenvalue weighted by molar-refractivity contribution is 5.37. The van der Waals surface area contributed by atoms with Crippen LogP contribution < -0.4 is 4.74 Å². The smallest absolute Gasteiger partial charge is 0.119 e. The summed E-state index contributed by atoms with van der Waals surface area (Å²) in [6, 6.07) is 7.74. The molecular formula is C17H24O2. The number of methoxy groups -OCH3 is 1. The van der Waals surface area contributed by atoms with Gasteiger partial charge in [-0.1, -0.05) is 31.6 Å². The predicted molar refractivity (Wildman–Crippen MR) is 78.3 cm³/mol. The van der Waals surface area contributed by atoms with Crippen LogP contribution in [0.3, 0.4) is 0 Å². The van der Waals surface area contributed by atoms with E-state index < -0.39 is 6.10 Å². The van der Waals surface area contributed by atoms with Gasteiger partial charge in [0.2, 0.25) is 0 Å². The molecule has 0 bridgehead atoms. The summed E-state index contributed by atoms with van der Waals surface area (Å²) in [7, 11) is 1.65. The first-order chi connectivity index (χ1) is 8.95. The first kappa shape index (κ1) is 14.1. The Morgan fingerprint density at radius 1 is 1.32 bits per heavy atom. The fourth-order valence-electron chi connectivity index (χ4n) is 3.22. The Morgan fingerprint density at radius 3 is 2.68 bits per heavy atom. The van der Waals surface area contributed by atoms with Gasteiger partial charge in [-0.15, -0.1) is 0 Å². The van der Waals surface area contributed by atoms with Crippen LogP contribution in [-0.4, -0.2) is 12.2 Å². The van der Waals surface area contributed by atoms with Gasteiger partial charge in [-0.3, -0.25) is 0 Å². The molecule has 0 saturated carbocycles. The molecule has 0 radical (unpaired) electrons. The number of allylic oxidation sites excluding steroid dienone is 1. The van der Waals surface area contributed by atoms with Crippen molar-refractivity contribution < 1.29 is 9.84 Å². The Kier molecular flexibility index (Phi) is 4.00. The number of benzene rings is 1. The van der Waals surface area contributed by atoms with Gasteiger partial charge in [0.25, 0.3) is 0 Å². The molecule has 0 saturated heterocycles. The van der Waals surface area contributed by atoms with Gasteiger partial charge >= 0.3 is 0 Å². The Morgan fingerprint density at radius 2 is 2.05 bits per heavy atom. The number of aliphatic hydroxyl groups excluding tert-OH is 1. The number of hydrogen-bond donors (Lipinski definition) is 1. The zero-order chi connectivity index (χ0) is 14.0. The summed E-state index contributed by atoms with van der Waals surface area (Å²) < 4.78 is 5.24. The third kappa shape index (κ3) is 2.84. The van der Waals surface area contributed by atoms with Gasteiger partial charge in [0, 0.05) is 0 Å². The van der Waals surface area contributed by atoms with E-state index in [1.165, 1.54) is 17.6 Å². The van der Waals surface area contributed by atoms with Crippen LogP contribution in [0, 0.1) is 5.41 Å². The van der Waals surface area contributed by atoms with E-state index in [-0.39, 0.29) is 5.41 Å². The van der Waals surface area contributed by atoms with Crippen LogP contribution in [0.4, 0.5) is 0 Å². The average Bonchev–Trinajstić information content (AvgIpc) is 2.37. The van der Waals surface area contributed by atoms with Crippen LogP contribution in [0.2, 0.25) is 0 Å². The minimum atomic E-state index is -0.523.